The van der Waals surface area contributed by atoms with Gasteiger partial charge in [0.25, 0.3) is 11.9 Å². The van der Waals surface area contributed by atoms with Gasteiger partial charge in [-0.1, -0.05) is 6.07 Å². The van der Waals surface area contributed by atoms with Crippen LogP contribution in [0.25, 0.3) is 33.4 Å². The third-order valence-electron chi connectivity index (χ3n) is 5.59. The van der Waals surface area contributed by atoms with Crippen LogP contribution in [-0.4, -0.2) is 52.1 Å². The maximum Gasteiger partial charge on any atom is 0.298 e. The van der Waals surface area contributed by atoms with Gasteiger partial charge in [-0.15, -0.1) is 0 Å². The zero-order valence-corrected chi connectivity index (χ0v) is 17.6. The summed E-state index contributed by atoms with van der Waals surface area (Å²) < 4.78 is 11.3. The number of nitrogens with zero attached hydrogens (tertiary/aromatic N) is 4. The molecule has 5 aromatic rings. The van der Waals surface area contributed by atoms with E-state index in [-0.39, 0.29) is 5.91 Å². The molecule has 2 N–H and O–H groups in total. The van der Waals surface area contributed by atoms with Gasteiger partial charge in [0.05, 0.1) is 18.9 Å². The topological polar surface area (TPSA) is 109 Å². The third kappa shape index (κ3) is 3.79. The van der Waals surface area contributed by atoms with Crippen LogP contribution in [0.2, 0.25) is 0 Å². The van der Waals surface area contributed by atoms with Crippen LogP contribution in [0.4, 0.5) is 11.7 Å². The summed E-state index contributed by atoms with van der Waals surface area (Å²) in [4.78, 5) is 31.5. The Kier molecular flexibility index (Phi) is 4.73. The minimum atomic E-state index is -0.306. The highest BCUT2D eigenvalue weighted by molar-refractivity contribution is 6.04. The van der Waals surface area contributed by atoms with Crippen LogP contribution in [0.15, 0.2) is 65.3 Å². The Bertz CT molecular complexity index is 1470. The van der Waals surface area contributed by atoms with Crippen LogP contribution in [0.3, 0.4) is 0 Å². The molecule has 0 unspecified atom stereocenters. The van der Waals surface area contributed by atoms with Crippen molar-refractivity contribution in [1.29, 1.82) is 0 Å². The molecular weight excluding hydrogens is 420 g/mol. The standard InChI is InChI=1S/C24H20N6O3/c31-23(20-3-1-2-18(28-20)16-12-15-6-7-25-22(15)26-14-16)27-17-4-5-19-21(13-17)33-24(29-19)30-8-10-32-11-9-30/h1-7,12-14H,8-11H2,(H,25,26)(H,27,31). The lowest BCUT2D eigenvalue weighted by molar-refractivity contribution is 0.102. The number of aromatic amines is 1. The molecule has 33 heavy (non-hydrogen) atoms. The summed E-state index contributed by atoms with van der Waals surface area (Å²) in [5, 5.41) is 3.89. The molecule has 0 saturated carbocycles. The normalized spacial score (nSPS) is 14.1. The Morgan fingerprint density at radius 1 is 1.06 bits per heavy atom. The molecule has 1 fully saturated rings. The van der Waals surface area contributed by atoms with Crippen LogP contribution in [-0.2, 0) is 4.74 Å². The number of nitrogens with one attached hydrogen (secondary N) is 2. The maximum atomic E-state index is 12.9. The van der Waals surface area contributed by atoms with Crippen LogP contribution in [0.5, 0.6) is 0 Å². The highest BCUT2D eigenvalue weighted by Crippen LogP contribution is 2.26. The van der Waals surface area contributed by atoms with Crippen molar-refractivity contribution in [1.82, 2.24) is 19.9 Å². The number of rotatable bonds is 4. The number of ether oxygens (including phenoxy) is 1. The summed E-state index contributed by atoms with van der Waals surface area (Å²) in [7, 11) is 0. The zero-order chi connectivity index (χ0) is 22.2. The second-order valence-corrected chi connectivity index (χ2v) is 7.78. The van der Waals surface area contributed by atoms with E-state index in [1.165, 1.54) is 0 Å². The second-order valence-electron chi connectivity index (χ2n) is 7.78. The van der Waals surface area contributed by atoms with E-state index in [9.17, 15) is 4.79 Å². The highest BCUT2D eigenvalue weighted by atomic mass is 16.5. The molecule has 1 aliphatic rings. The summed E-state index contributed by atoms with van der Waals surface area (Å²) in [5.41, 5.74) is 4.61. The molecule has 6 rings (SSSR count). The monoisotopic (exact) mass is 440 g/mol. The Hall–Kier alpha value is -4.24. The van der Waals surface area contributed by atoms with Crippen molar-refractivity contribution in [2.45, 2.75) is 0 Å². The van der Waals surface area contributed by atoms with E-state index in [1.807, 2.05) is 36.5 Å². The van der Waals surface area contributed by atoms with Gasteiger partial charge in [0.2, 0.25) is 0 Å². The fourth-order valence-electron chi connectivity index (χ4n) is 3.88. The number of carbonyl (C=O) groups excluding carboxylic acids is 1. The predicted octanol–water partition coefficient (Wildman–Crippen LogP) is 3.86. The molecule has 0 aliphatic carbocycles. The molecule has 1 aromatic carbocycles. The van der Waals surface area contributed by atoms with E-state index in [4.69, 9.17) is 9.15 Å². The van der Waals surface area contributed by atoms with Gasteiger partial charge >= 0.3 is 0 Å². The fourth-order valence-corrected chi connectivity index (χ4v) is 3.88. The number of anilines is 2. The summed E-state index contributed by atoms with van der Waals surface area (Å²) in [5.74, 6) is -0.306. The minimum Gasteiger partial charge on any atom is -0.423 e. The van der Waals surface area contributed by atoms with Gasteiger partial charge in [-0.2, -0.15) is 4.98 Å². The van der Waals surface area contributed by atoms with Gasteiger partial charge in [0.15, 0.2) is 5.58 Å². The molecule has 0 atom stereocenters. The second kappa shape index (κ2) is 8.03. The van der Waals surface area contributed by atoms with Crippen molar-refractivity contribution >= 4 is 39.7 Å². The molecule has 9 heteroatoms. The third-order valence-corrected chi connectivity index (χ3v) is 5.59. The number of H-pyrrole nitrogens is 1. The fraction of sp³-hybridized carbons (Fsp3) is 0.167. The van der Waals surface area contributed by atoms with E-state index < -0.39 is 0 Å². The van der Waals surface area contributed by atoms with Crippen LogP contribution >= 0.6 is 0 Å². The number of aromatic nitrogens is 4. The largest absolute Gasteiger partial charge is 0.423 e. The Labute approximate surface area is 188 Å². The summed E-state index contributed by atoms with van der Waals surface area (Å²) >= 11 is 0. The zero-order valence-electron chi connectivity index (χ0n) is 17.6. The Morgan fingerprint density at radius 2 is 1.97 bits per heavy atom. The number of hydrogen-bond donors (Lipinski definition) is 2. The Morgan fingerprint density at radius 3 is 2.88 bits per heavy atom. The maximum absolute atomic E-state index is 12.9. The number of amides is 1. The predicted molar refractivity (Wildman–Crippen MR) is 124 cm³/mol. The molecule has 9 nitrogen and oxygen atoms in total. The molecule has 1 amide bonds. The molecule has 0 spiro atoms. The van der Waals surface area contributed by atoms with Gasteiger partial charge in [-0.25, -0.2) is 9.97 Å². The molecular formula is C24H20N6O3. The van der Waals surface area contributed by atoms with E-state index in [0.29, 0.717) is 41.9 Å². The average molecular weight is 440 g/mol. The molecule has 1 saturated heterocycles. The first-order valence-electron chi connectivity index (χ1n) is 10.7. The number of hydrogen-bond acceptors (Lipinski definition) is 7. The van der Waals surface area contributed by atoms with Crippen molar-refractivity contribution in [3.8, 4) is 11.3 Å². The first-order valence-corrected chi connectivity index (χ1v) is 10.7. The first-order chi connectivity index (χ1) is 16.2. The van der Waals surface area contributed by atoms with Gasteiger partial charge in [-0.3, -0.25) is 4.79 Å². The van der Waals surface area contributed by atoms with Crippen LogP contribution < -0.4 is 10.2 Å². The lowest BCUT2D eigenvalue weighted by Crippen LogP contribution is -2.36. The van der Waals surface area contributed by atoms with Crippen LogP contribution in [0.1, 0.15) is 10.5 Å². The average Bonchev–Trinajstić information content (AvgIpc) is 3.51. The smallest absolute Gasteiger partial charge is 0.298 e. The van der Waals surface area contributed by atoms with Gasteiger partial charge in [0, 0.05) is 48.2 Å². The lowest BCUT2D eigenvalue weighted by Gasteiger charge is -2.24. The highest BCUT2D eigenvalue weighted by Gasteiger charge is 2.18. The van der Waals surface area contributed by atoms with Crippen molar-refractivity contribution in [3.63, 3.8) is 0 Å². The Balaban J connectivity index is 1.23. The van der Waals surface area contributed by atoms with Gasteiger partial charge in [0.1, 0.15) is 16.9 Å². The summed E-state index contributed by atoms with van der Waals surface area (Å²) in [6.07, 6.45) is 3.58. The van der Waals surface area contributed by atoms with Crippen molar-refractivity contribution in [3.05, 3.63) is 66.6 Å². The van der Waals surface area contributed by atoms with Crippen molar-refractivity contribution in [2.75, 3.05) is 36.5 Å². The van der Waals surface area contributed by atoms with E-state index >= 15 is 0 Å². The van der Waals surface area contributed by atoms with Crippen LogP contribution in [0, 0.1) is 0 Å². The summed E-state index contributed by atoms with van der Waals surface area (Å²) in [6.45, 7) is 2.79. The van der Waals surface area contributed by atoms with E-state index in [1.54, 1.807) is 24.4 Å². The van der Waals surface area contributed by atoms with Gasteiger partial charge < -0.3 is 24.4 Å². The molecule has 4 aromatic heterocycles. The molecule has 0 bridgehead atoms. The van der Waals surface area contributed by atoms with E-state index in [2.05, 4.69) is 30.2 Å². The van der Waals surface area contributed by atoms with E-state index in [0.717, 1.165) is 35.2 Å². The van der Waals surface area contributed by atoms with Crippen molar-refractivity contribution in [2.24, 2.45) is 0 Å². The molecule has 164 valence electrons. The number of pyridine rings is 2. The SMILES string of the molecule is O=C(Nc1ccc2nc(N3CCOCC3)oc2c1)c1cccc(-c2cnc3[nH]ccc3c2)n1. The van der Waals surface area contributed by atoms with Gasteiger partial charge in [-0.05, 0) is 36.4 Å². The first kappa shape index (κ1) is 19.4. The number of carbonyl (C=O) groups is 1. The number of oxazole rings is 1. The quantitative estimate of drug-likeness (QED) is 0.437. The number of fused-ring (bicyclic) bond motifs is 2. The number of benzene rings is 1. The molecule has 0 radical (unpaired) electrons. The number of morpholine rings is 1. The minimum absolute atomic E-state index is 0.306. The molecule has 1 aliphatic heterocycles. The van der Waals surface area contributed by atoms with Crippen molar-refractivity contribution < 1.29 is 13.9 Å². The lowest BCUT2D eigenvalue weighted by atomic mass is 10.1. The molecule has 5 heterocycles. The summed E-state index contributed by atoms with van der Waals surface area (Å²) in [6, 6.07) is 15.3.